The summed E-state index contributed by atoms with van der Waals surface area (Å²) < 4.78 is 5.78. The van der Waals surface area contributed by atoms with Gasteiger partial charge in [-0.25, -0.2) is 9.78 Å². The SMILES string of the molecule is Cc1cc(/C=C/C(=O)c2cc3ccccc3nc2N2CCC(O)CC2)cc(C)c1OC(C)(C)C(=O)O. The lowest BCUT2D eigenvalue weighted by molar-refractivity contribution is -0.152. The molecule has 36 heavy (non-hydrogen) atoms. The maximum absolute atomic E-state index is 13.4. The van der Waals surface area contributed by atoms with Crippen molar-refractivity contribution in [1.82, 2.24) is 4.98 Å². The van der Waals surface area contributed by atoms with Gasteiger partial charge in [-0.2, -0.15) is 0 Å². The van der Waals surface area contributed by atoms with E-state index in [9.17, 15) is 19.8 Å². The van der Waals surface area contributed by atoms with Crippen LogP contribution in [0.4, 0.5) is 5.82 Å². The average Bonchev–Trinajstić information content (AvgIpc) is 2.84. The monoisotopic (exact) mass is 488 g/mol. The van der Waals surface area contributed by atoms with Gasteiger partial charge in [-0.3, -0.25) is 4.79 Å². The molecule has 2 aromatic carbocycles. The highest BCUT2D eigenvalue weighted by Gasteiger charge is 2.30. The van der Waals surface area contributed by atoms with Gasteiger partial charge in [0, 0.05) is 18.5 Å². The molecule has 3 aromatic rings. The molecule has 7 nitrogen and oxygen atoms in total. The van der Waals surface area contributed by atoms with Crippen LogP contribution in [0.1, 0.15) is 53.7 Å². The Morgan fingerprint density at radius 1 is 1.08 bits per heavy atom. The Kier molecular flexibility index (Phi) is 7.13. The number of carboxylic acid groups (broad SMARTS) is 1. The Balaban J connectivity index is 1.64. The molecule has 0 amide bonds. The van der Waals surface area contributed by atoms with Crippen LogP contribution in [-0.4, -0.2) is 51.7 Å². The largest absolute Gasteiger partial charge is 0.478 e. The Labute approximate surface area is 211 Å². The van der Waals surface area contributed by atoms with Crippen molar-refractivity contribution in [1.29, 1.82) is 0 Å². The third kappa shape index (κ3) is 5.41. The smallest absolute Gasteiger partial charge is 0.347 e. The van der Waals surface area contributed by atoms with Crippen LogP contribution in [0.5, 0.6) is 5.75 Å². The number of carbonyl (C=O) groups is 2. The molecule has 0 radical (unpaired) electrons. The van der Waals surface area contributed by atoms with Crippen LogP contribution in [0.2, 0.25) is 0 Å². The van der Waals surface area contributed by atoms with Crippen molar-refractivity contribution in [3.05, 3.63) is 70.8 Å². The lowest BCUT2D eigenvalue weighted by Crippen LogP contribution is -2.38. The van der Waals surface area contributed by atoms with Crippen LogP contribution in [0, 0.1) is 13.8 Å². The van der Waals surface area contributed by atoms with Gasteiger partial charge in [0.05, 0.1) is 17.2 Å². The van der Waals surface area contributed by atoms with Gasteiger partial charge in [0.2, 0.25) is 0 Å². The standard InChI is InChI=1S/C29H32N2O5/c1-18-15-20(16-19(2)26(18)36-29(3,4)28(34)35)9-10-25(33)23-17-21-7-5-6-8-24(21)30-27(23)31-13-11-22(32)12-14-31/h5-10,15-17,22,32H,11-14H2,1-4H3,(H,34,35)/b10-9+. The summed E-state index contributed by atoms with van der Waals surface area (Å²) in [6, 6.07) is 13.4. The van der Waals surface area contributed by atoms with Crippen molar-refractivity contribution in [2.24, 2.45) is 0 Å². The number of benzene rings is 2. The molecule has 1 saturated heterocycles. The molecule has 1 aliphatic rings. The number of hydrogen-bond donors (Lipinski definition) is 2. The number of anilines is 1. The first-order valence-electron chi connectivity index (χ1n) is 12.1. The van der Waals surface area contributed by atoms with Gasteiger partial charge in [-0.05, 0) is 87.6 Å². The Morgan fingerprint density at radius 2 is 1.72 bits per heavy atom. The number of rotatable bonds is 7. The number of ketones is 1. The topological polar surface area (TPSA) is 100.0 Å². The van der Waals surface area contributed by atoms with Crippen molar-refractivity contribution in [3.8, 4) is 5.75 Å². The number of piperidine rings is 1. The lowest BCUT2D eigenvalue weighted by atomic mass is 10.0. The molecule has 188 valence electrons. The second-order valence-corrected chi connectivity index (χ2v) is 9.87. The van der Waals surface area contributed by atoms with E-state index in [1.165, 1.54) is 13.8 Å². The fourth-order valence-electron chi connectivity index (χ4n) is 4.41. The summed E-state index contributed by atoms with van der Waals surface area (Å²) in [5.74, 6) is -0.0302. The molecule has 1 aliphatic heterocycles. The van der Waals surface area contributed by atoms with Gasteiger partial charge >= 0.3 is 5.97 Å². The first-order chi connectivity index (χ1) is 17.0. The van der Waals surface area contributed by atoms with Gasteiger partial charge in [0.1, 0.15) is 11.6 Å². The van der Waals surface area contributed by atoms with Crippen LogP contribution < -0.4 is 9.64 Å². The number of allylic oxidation sites excluding steroid dienone is 1. The normalized spacial score (nSPS) is 15.0. The molecule has 2 N–H and O–H groups in total. The zero-order valence-corrected chi connectivity index (χ0v) is 21.1. The van der Waals surface area contributed by atoms with E-state index in [4.69, 9.17) is 9.72 Å². The van der Waals surface area contributed by atoms with Crippen molar-refractivity contribution in [2.45, 2.75) is 52.2 Å². The van der Waals surface area contributed by atoms with Gasteiger partial charge < -0.3 is 19.8 Å². The highest BCUT2D eigenvalue weighted by Crippen LogP contribution is 2.30. The number of fused-ring (bicyclic) bond motifs is 1. The molecule has 1 fully saturated rings. The van der Waals surface area contributed by atoms with E-state index in [-0.39, 0.29) is 11.9 Å². The summed E-state index contributed by atoms with van der Waals surface area (Å²) >= 11 is 0. The molecule has 0 aliphatic carbocycles. The summed E-state index contributed by atoms with van der Waals surface area (Å²) in [6.45, 7) is 8.02. The number of carboxylic acids is 1. The van der Waals surface area contributed by atoms with E-state index < -0.39 is 11.6 Å². The number of aliphatic carboxylic acids is 1. The quantitative estimate of drug-likeness (QED) is 0.358. The van der Waals surface area contributed by atoms with E-state index in [0.29, 0.717) is 43.1 Å². The fraction of sp³-hybridized carbons (Fsp3) is 0.345. The molecule has 0 saturated carbocycles. The number of hydrogen-bond acceptors (Lipinski definition) is 6. The average molecular weight is 489 g/mol. The number of aliphatic hydroxyl groups is 1. The molecular formula is C29H32N2O5. The number of ether oxygens (including phenoxy) is 1. The highest BCUT2D eigenvalue weighted by atomic mass is 16.5. The van der Waals surface area contributed by atoms with E-state index in [1.54, 1.807) is 12.2 Å². The minimum absolute atomic E-state index is 0.156. The zero-order chi connectivity index (χ0) is 26.0. The summed E-state index contributed by atoms with van der Waals surface area (Å²) in [4.78, 5) is 31.8. The highest BCUT2D eigenvalue weighted by molar-refractivity contribution is 6.11. The van der Waals surface area contributed by atoms with Crippen LogP contribution in [0.15, 0.2) is 48.5 Å². The van der Waals surface area contributed by atoms with Gasteiger partial charge in [0.25, 0.3) is 0 Å². The third-order valence-electron chi connectivity index (χ3n) is 6.52. The van der Waals surface area contributed by atoms with Gasteiger partial charge in [-0.15, -0.1) is 0 Å². The van der Waals surface area contributed by atoms with Crippen LogP contribution in [-0.2, 0) is 4.79 Å². The third-order valence-corrected chi connectivity index (χ3v) is 6.52. The summed E-state index contributed by atoms with van der Waals surface area (Å²) in [6.07, 6.45) is 4.27. The van der Waals surface area contributed by atoms with E-state index in [2.05, 4.69) is 4.90 Å². The van der Waals surface area contributed by atoms with Crippen molar-refractivity contribution in [3.63, 3.8) is 0 Å². The Bertz CT molecular complexity index is 1310. The van der Waals surface area contributed by atoms with Crippen LogP contribution in [0.3, 0.4) is 0 Å². The van der Waals surface area contributed by atoms with E-state index in [0.717, 1.165) is 27.6 Å². The summed E-state index contributed by atoms with van der Waals surface area (Å²) in [7, 11) is 0. The second-order valence-electron chi connectivity index (χ2n) is 9.87. The maximum Gasteiger partial charge on any atom is 0.347 e. The minimum atomic E-state index is -1.35. The Morgan fingerprint density at radius 3 is 2.36 bits per heavy atom. The molecule has 1 aromatic heterocycles. The minimum Gasteiger partial charge on any atom is -0.478 e. The summed E-state index contributed by atoms with van der Waals surface area (Å²) in [5.41, 5.74) is 2.39. The second kappa shape index (κ2) is 10.1. The predicted octanol–water partition coefficient (Wildman–Crippen LogP) is 4.95. The fourth-order valence-corrected chi connectivity index (χ4v) is 4.41. The molecule has 0 unspecified atom stereocenters. The first kappa shape index (κ1) is 25.4. The number of carbonyl (C=O) groups excluding carboxylic acids is 1. The Hall–Kier alpha value is -3.71. The molecule has 0 atom stereocenters. The molecular weight excluding hydrogens is 456 g/mol. The predicted molar refractivity (Wildman–Crippen MR) is 141 cm³/mol. The lowest BCUT2D eigenvalue weighted by Gasteiger charge is -2.31. The number of para-hydroxylation sites is 1. The number of aliphatic hydroxyl groups excluding tert-OH is 1. The number of nitrogens with zero attached hydrogens (tertiary/aromatic N) is 2. The zero-order valence-electron chi connectivity index (χ0n) is 21.1. The summed E-state index contributed by atoms with van der Waals surface area (Å²) in [5, 5.41) is 20.2. The van der Waals surface area contributed by atoms with E-state index >= 15 is 0 Å². The molecule has 4 rings (SSSR count). The maximum atomic E-state index is 13.4. The molecule has 2 heterocycles. The number of pyridine rings is 1. The van der Waals surface area contributed by atoms with Crippen LogP contribution >= 0.6 is 0 Å². The van der Waals surface area contributed by atoms with Crippen molar-refractivity contribution >= 4 is 34.5 Å². The van der Waals surface area contributed by atoms with E-state index in [1.807, 2.05) is 56.3 Å². The first-order valence-corrected chi connectivity index (χ1v) is 12.1. The van der Waals surface area contributed by atoms with Crippen molar-refractivity contribution in [2.75, 3.05) is 18.0 Å². The molecule has 7 heteroatoms. The molecule has 0 spiro atoms. The van der Waals surface area contributed by atoms with Crippen molar-refractivity contribution < 1.29 is 24.5 Å². The number of aromatic nitrogens is 1. The van der Waals surface area contributed by atoms with Gasteiger partial charge in [-0.1, -0.05) is 24.3 Å². The number of aryl methyl sites for hydroxylation is 2. The molecule has 0 bridgehead atoms. The van der Waals surface area contributed by atoms with Gasteiger partial charge in [0.15, 0.2) is 11.4 Å². The van der Waals surface area contributed by atoms with Crippen LogP contribution in [0.25, 0.3) is 17.0 Å².